The summed E-state index contributed by atoms with van der Waals surface area (Å²) in [5.41, 5.74) is 1.99. The van der Waals surface area contributed by atoms with Crippen LogP contribution in [0.25, 0.3) is 21.7 Å². The van der Waals surface area contributed by atoms with Crippen LogP contribution in [0.3, 0.4) is 0 Å². The lowest BCUT2D eigenvalue weighted by molar-refractivity contribution is 0.0599. The summed E-state index contributed by atoms with van der Waals surface area (Å²) in [6, 6.07) is 22.4. The first-order chi connectivity index (χ1) is 16.6. The molecule has 1 aromatic heterocycles. The van der Waals surface area contributed by atoms with Gasteiger partial charge in [0.25, 0.3) is 5.91 Å². The average Bonchev–Trinajstić information content (AvgIpc) is 3.32. The smallest absolute Gasteiger partial charge is 0.286 e. The largest absolute Gasteiger partial charge is 0.490 e. The van der Waals surface area contributed by atoms with Crippen LogP contribution in [0.5, 0.6) is 5.75 Å². The first-order valence-corrected chi connectivity index (χ1v) is 11.9. The van der Waals surface area contributed by atoms with Gasteiger partial charge in [0.05, 0.1) is 5.39 Å². The van der Waals surface area contributed by atoms with Crippen LogP contribution in [0.1, 0.15) is 34.9 Å². The van der Waals surface area contributed by atoms with E-state index in [2.05, 4.69) is 52.7 Å². The molecule has 1 saturated heterocycles. The highest BCUT2D eigenvalue weighted by Gasteiger charge is 2.23. The first kappa shape index (κ1) is 22.4. The summed E-state index contributed by atoms with van der Waals surface area (Å²) in [5.74, 6) is 1.12. The number of hydrogen-bond acceptors (Lipinski definition) is 5. The van der Waals surface area contributed by atoms with E-state index in [4.69, 9.17) is 9.15 Å². The summed E-state index contributed by atoms with van der Waals surface area (Å²) in [4.78, 5) is 14.2. The van der Waals surface area contributed by atoms with Gasteiger partial charge in [0.15, 0.2) is 5.76 Å². The summed E-state index contributed by atoms with van der Waals surface area (Å²) < 4.78 is 11.5. The van der Waals surface area contributed by atoms with Gasteiger partial charge in [0, 0.05) is 19.7 Å². The van der Waals surface area contributed by atoms with Crippen LogP contribution >= 0.6 is 0 Å². The van der Waals surface area contributed by atoms with Crippen LogP contribution in [-0.4, -0.2) is 55.3 Å². The highest BCUT2D eigenvalue weighted by atomic mass is 16.5. The average molecular weight is 459 g/mol. The number of aliphatic hydroxyl groups is 1. The minimum atomic E-state index is -0.599. The molecule has 1 atom stereocenters. The van der Waals surface area contributed by atoms with Crippen molar-refractivity contribution < 1.29 is 19.1 Å². The van der Waals surface area contributed by atoms with Crippen molar-refractivity contribution in [1.82, 2.24) is 10.2 Å². The number of β-amino-alcohol motifs (C(OH)–C–C–N with tert-alkyl or cyclic N) is 1. The van der Waals surface area contributed by atoms with Gasteiger partial charge in [0.1, 0.15) is 24.0 Å². The molecule has 0 radical (unpaired) electrons. The lowest BCUT2D eigenvalue weighted by atomic mass is 9.88. The molecule has 3 aromatic carbocycles. The molecule has 1 unspecified atom stereocenters. The summed E-state index contributed by atoms with van der Waals surface area (Å²) in [6.07, 6.45) is 1.57. The molecule has 1 fully saturated rings. The van der Waals surface area contributed by atoms with Crippen LogP contribution in [0.2, 0.25) is 0 Å². The molecule has 0 aliphatic carbocycles. The molecule has 0 saturated carbocycles. The number of piperidine rings is 1. The number of benzene rings is 3. The minimum absolute atomic E-state index is 0.185. The summed E-state index contributed by atoms with van der Waals surface area (Å²) >= 11 is 0. The van der Waals surface area contributed by atoms with Gasteiger partial charge >= 0.3 is 0 Å². The van der Waals surface area contributed by atoms with Crippen LogP contribution in [-0.2, 0) is 0 Å². The van der Waals surface area contributed by atoms with Crippen LogP contribution < -0.4 is 10.1 Å². The molecule has 34 heavy (non-hydrogen) atoms. The summed E-state index contributed by atoms with van der Waals surface area (Å²) in [5, 5.41) is 16.5. The van der Waals surface area contributed by atoms with Crippen molar-refractivity contribution >= 4 is 27.6 Å². The van der Waals surface area contributed by atoms with Crippen molar-refractivity contribution in [1.29, 1.82) is 0 Å². The fourth-order valence-corrected chi connectivity index (χ4v) is 4.84. The highest BCUT2D eigenvalue weighted by molar-refractivity contribution is 5.97. The first-order valence-electron chi connectivity index (χ1n) is 11.9. The zero-order valence-corrected chi connectivity index (χ0v) is 19.4. The molecular formula is C28H30N2O4. The fourth-order valence-electron chi connectivity index (χ4n) is 4.84. The number of amides is 1. The molecule has 176 valence electrons. The van der Waals surface area contributed by atoms with Crippen molar-refractivity contribution in [3.8, 4) is 5.75 Å². The molecule has 2 N–H and O–H groups in total. The Kier molecular flexibility index (Phi) is 6.52. The Labute approximate surface area is 199 Å². The van der Waals surface area contributed by atoms with Gasteiger partial charge in [-0.2, -0.15) is 0 Å². The van der Waals surface area contributed by atoms with Crippen molar-refractivity contribution in [2.24, 2.45) is 0 Å². The molecule has 6 nitrogen and oxygen atoms in total. The molecule has 1 aliphatic rings. The van der Waals surface area contributed by atoms with Gasteiger partial charge < -0.3 is 24.5 Å². The Morgan fingerprint density at radius 3 is 2.68 bits per heavy atom. The van der Waals surface area contributed by atoms with E-state index in [-0.39, 0.29) is 18.3 Å². The summed E-state index contributed by atoms with van der Waals surface area (Å²) in [7, 11) is 1.56. The predicted molar refractivity (Wildman–Crippen MR) is 133 cm³/mol. The second-order valence-electron chi connectivity index (χ2n) is 9.00. The number of carbonyl (C=O) groups excluding carboxylic acids is 1. The second-order valence-corrected chi connectivity index (χ2v) is 9.00. The van der Waals surface area contributed by atoms with Gasteiger partial charge in [-0.1, -0.05) is 48.5 Å². The topological polar surface area (TPSA) is 74.9 Å². The van der Waals surface area contributed by atoms with Crippen LogP contribution in [0, 0.1) is 0 Å². The van der Waals surface area contributed by atoms with Gasteiger partial charge in [0.2, 0.25) is 0 Å². The second kappa shape index (κ2) is 9.87. The fraction of sp³-hybridized carbons (Fsp3) is 0.321. The van der Waals surface area contributed by atoms with E-state index in [0.29, 0.717) is 23.8 Å². The third kappa shape index (κ3) is 4.79. The quantitative estimate of drug-likeness (QED) is 0.425. The Hall–Kier alpha value is -3.35. The lowest BCUT2D eigenvalue weighted by Gasteiger charge is -2.33. The number of furan rings is 1. The zero-order chi connectivity index (χ0) is 23.5. The number of likely N-dealkylation sites (tertiary alicyclic amines) is 1. The molecule has 1 amide bonds. The number of nitrogens with zero attached hydrogens (tertiary/aromatic N) is 1. The monoisotopic (exact) mass is 458 g/mol. The number of ether oxygens (including phenoxy) is 1. The normalized spacial score (nSPS) is 16.1. The molecule has 5 rings (SSSR count). The lowest BCUT2D eigenvalue weighted by Crippen LogP contribution is -2.40. The van der Waals surface area contributed by atoms with E-state index in [1.54, 1.807) is 19.2 Å². The highest BCUT2D eigenvalue weighted by Crippen LogP contribution is 2.31. The van der Waals surface area contributed by atoms with Gasteiger partial charge in [-0.05, 0) is 60.3 Å². The van der Waals surface area contributed by atoms with E-state index in [1.165, 1.54) is 16.3 Å². The van der Waals surface area contributed by atoms with Crippen molar-refractivity contribution in [3.05, 3.63) is 78.1 Å². The maximum absolute atomic E-state index is 11.9. The maximum atomic E-state index is 11.9. The van der Waals surface area contributed by atoms with Gasteiger partial charge in [-0.3, -0.25) is 4.79 Å². The number of hydrogen-bond donors (Lipinski definition) is 2. The molecule has 6 heteroatoms. The molecule has 1 aliphatic heterocycles. The minimum Gasteiger partial charge on any atom is -0.490 e. The molecule has 2 heterocycles. The van der Waals surface area contributed by atoms with Crippen LogP contribution in [0.4, 0.5) is 0 Å². The zero-order valence-electron chi connectivity index (χ0n) is 19.4. The van der Waals surface area contributed by atoms with Crippen molar-refractivity contribution in [2.45, 2.75) is 24.9 Å². The Morgan fingerprint density at radius 2 is 1.88 bits per heavy atom. The Balaban J connectivity index is 1.14. The van der Waals surface area contributed by atoms with Crippen molar-refractivity contribution in [2.75, 3.05) is 33.3 Å². The third-order valence-electron chi connectivity index (χ3n) is 6.70. The molecule has 4 aromatic rings. The molecule has 0 spiro atoms. The molecule has 0 bridgehead atoms. The molecular weight excluding hydrogens is 428 g/mol. The Morgan fingerprint density at radius 1 is 1.09 bits per heavy atom. The van der Waals surface area contributed by atoms with E-state index in [1.807, 2.05) is 12.1 Å². The van der Waals surface area contributed by atoms with E-state index in [9.17, 15) is 9.90 Å². The summed E-state index contributed by atoms with van der Waals surface area (Å²) in [6.45, 7) is 2.68. The third-order valence-corrected chi connectivity index (χ3v) is 6.70. The standard InChI is InChI=1S/C28H30N2O4/c1-29-28(32)27-16-24-25(7-4-8-26(24)34-27)33-18-23(31)17-30-13-11-20(12-14-30)22-10-9-19-5-2-3-6-21(19)15-22/h2-10,15-16,20,23,31H,11-14,17-18H2,1H3,(H,29,32). The van der Waals surface area contributed by atoms with Crippen molar-refractivity contribution in [3.63, 3.8) is 0 Å². The van der Waals surface area contributed by atoms with Gasteiger partial charge in [-0.25, -0.2) is 0 Å². The van der Waals surface area contributed by atoms with Crippen LogP contribution in [0.15, 0.2) is 71.1 Å². The SMILES string of the molecule is CNC(=O)c1cc2c(OCC(O)CN3CCC(c4ccc5ccccc5c4)CC3)cccc2o1. The number of rotatable bonds is 7. The number of nitrogens with one attached hydrogen (secondary N) is 1. The van der Waals surface area contributed by atoms with E-state index >= 15 is 0 Å². The number of fused-ring (bicyclic) bond motifs is 2. The number of carbonyl (C=O) groups is 1. The maximum Gasteiger partial charge on any atom is 0.286 e. The Bertz CT molecular complexity index is 1290. The predicted octanol–water partition coefficient (Wildman–Crippen LogP) is 4.56. The number of aliphatic hydroxyl groups excluding tert-OH is 1. The van der Waals surface area contributed by atoms with E-state index < -0.39 is 6.10 Å². The van der Waals surface area contributed by atoms with Gasteiger partial charge in [-0.15, -0.1) is 0 Å². The van der Waals surface area contributed by atoms with E-state index in [0.717, 1.165) is 31.3 Å².